The summed E-state index contributed by atoms with van der Waals surface area (Å²) in [6.45, 7) is 9.90. The normalized spacial score (nSPS) is 13.5. The van der Waals surface area contributed by atoms with Crippen molar-refractivity contribution in [3.05, 3.63) is 165 Å². The minimum Gasteiger partial charge on any atom is -0.487 e. The molecule has 0 aromatic heterocycles. The predicted octanol–water partition coefficient (Wildman–Crippen LogP) is 7.44. The fourth-order valence-corrected chi connectivity index (χ4v) is 9.64. The standard InChI is InChI=1S/C50H58N6O7S/c1-33-34(2)45(35(3)41-27-28-50(4,5)63-44(33)41)64(60,61)55-48(52)53-29-15-22-42(46(51)57)56(47(58)43(39-18-11-7-12-19-39)40-20-13-8-14-21-40)31-37-25-23-36(24-26-37)30-54-49(59)62-32-38-16-9-6-10-17-38/h6-14,16-21,23-26,42-43H,15,22,27-32H2,1-5H3,(H2,51,57)(H,54,59)(H3,52,53,55)/t42-/m1/s1. The van der Waals surface area contributed by atoms with Crippen molar-refractivity contribution in [2.75, 3.05) is 6.54 Å². The zero-order valence-corrected chi connectivity index (χ0v) is 37.9. The van der Waals surface area contributed by atoms with E-state index in [1.807, 2.05) is 136 Å². The second-order valence-corrected chi connectivity index (χ2v) is 18.4. The summed E-state index contributed by atoms with van der Waals surface area (Å²) in [6, 6.07) is 34.3. The number of primary amides is 1. The van der Waals surface area contributed by atoms with Crippen LogP contribution in [0.1, 0.15) is 89.1 Å². The maximum Gasteiger partial charge on any atom is 0.407 e. The predicted molar refractivity (Wildman–Crippen MR) is 247 cm³/mol. The molecule has 1 atom stereocenters. The molecule has 0 saturated carbocycles. The highest BCUT2D eigenvalue weighted by Gasteiger charge is 2.36. The Bertz CT molecular complexity index is 2510. The molecule has 0 bridgehead atoms. The van der Waals surface area contributed by atoms with Gasteiger partial charge in [0.2, 0.25) is 17.8 Å². The molecule has 13 nitrogen and oxygen atoms in total. The lowest BCUT2D eigenvalue weighted by Crippen LogP contribution is -2.49. The molecule has 1 heterocycles. The lowest BCUT2D eigenvalue weighted by Gasteiger charge is -2.35. The molecule has 1 aliphatic rings. The Morgan fingerprint density at radius 2 is 1.38 bits per heavy atom. The van der Waals surface area contributed by atoms with Crippen LogP contribution in [0.25, 0.3) is 0 Å². The minimum absolute atomic E-state index is 0.0416. The van der Waals surface area contributed by atoms with Crippen LogP contribution in [0.3, 0.4) is 0 Å². The molecular formula is C50H58N6O7S. The van der Waals surface area contributed by atoms with Gasteiger partial charge in [-0.2, -0.15) is 0 Å². The van der Waals surface area contributed by atoms with Gasteiger partial charge in [0.15, 0.2) is 0 Å². The van der Waals surface area contributed by atoms with E-state index in [0.717, 1.165) is 51.1 Å². The number of hydrogen-bond acceptors (Lipinski definition) is 8. The number of fused-ring (bicyclic) bond motifs is 1. The second-order valence-electron chi connectivity index (χ2n) is 16.8. The highest BCUT2D eigenvalue weighted by atomic mass is 32.2. The number of benzene rings is 5. The van der Waals surface area contributed by atoms with Crippen molar-refractivity contribution < 1.29 is 32.3 Å². The summed E-state index contributed by atoms with van der Waals surface area (Å²) < 4.78 is 41.6. The summed E-state index contributed by atoms with van der Waals surface area (Å²) in [7, 11) is -4.16. The van der Waals surface area contributed by atoms with Crippen LogP contribution >= 0.6 is 0 Å². The highest BCUT2D eigenvalue weighted by Crippen LogP contribution is 2.42. The lowest BCUT2D eigenvalue weighted by atomic mass is 9.88. The first-order valence-electron chi connectivity index (χ1n) is 21.4. The van der Waals surface area contributed by atoms with Crippen molar-refractivity contribution >= 4 is 33.9 Å². The average Bonchev–Trinajstić information content (AvgIpc) is 3.27. The van der Waals surface area contributed by atoms with E-state index in [1.165, 1.54) is 4.90 Å². The van der Waals surface area contributed by atoms with Crippen LogP contribution in [-0.4, -0.2) is 55.4 Å². The third-order valence-corrected chi connectivity index (χ3v) is 13.3. The van der Waals surface area contributed by atoms with Gasteiger partial charge in [-0.1, -0.05) is 115 Å². The molecule has 0 radical (unpaired) electrons. The van der Waals surface area contributed by atoms with Crippen LogP contribution in [0.4, 0.5) is 4.79 Å². The number of carbonyl (C=O) groups is 3. The molecule has 0 spiro atoms. The molecule has 0 aliphatic carbocycles. The molecule has 1 aliphatic heterocycles. The zero-order valence-electron chi connectivity index (χ0n) is 37.1. The van der Waals surface area contributed by atoms with Crippen LogP contribution in [0.15, 0.2) is 120 Å². The van der Waals surface area contributed by atoms with Gasteiger partial charge in [-0.15, -0.1) is 0 Å². The van der Waals surface area contributed by atoms with Gasteiger partial charge >= 0.3 is 6.09 Å². The van der Waals surface area contributed by atoms with Crippen LogP contribution < -0.4 is 25.8 Å². The van der Waals surface area contributed by atoms with Crippen LogP contribution in [0, 0.1) is 26.2 Å². The van der Waals surface area contributed by atoms with Crippen molar-refractivity contribution in [1.29, 1.82) is 5.41 Å². The molecule has 6 rings (SSSR count). The van der Waals surface area contributed by atoms with Crippen molar-refractivity contribution in [1.82, 2.24) is 20.3 Å². The maximum absolute atomic E-state index is 15.0. The topological polar surface area (TPSA) is 193 Å². The summed E-state index contributed by atoms with van der Waals surface area (Å²) >= 11 is 0. The summed E-state index contributed by atoms with van der Waals surface area (Å²) in [6.07, 6.45) is 1.23. The van der Waals surface area contributed by atoms with Crippen molar-refractivity contribution in [3.63, 3.8) is 0 Å². The third-order valence-electron chi connectivity index (χ3n) is 11.7. The first kappa shape index (κ1) is 46.8. The summed E-state index contributed by atoms with van der Waals surface area (Å²) in [4.78, 5) is 42.4. The van der Waals surface area contributed by atoms with Crippen molar-refractivity contribution in [2.45, 2.75) is 102 Å². The van der Waals surface area contributed by atoms with Crippen LogP contribution in [0.2, 0.25) is 0 Å². The first-order valence-corrected chi connectivity index (χ1v) is 22.9. The van der Waals surface area contributed by atoms with Gasteiger partial charge in [0.1, 0.15) is 24.0 Å². The number of nitrogens with one attached hydrogen (secondary N) is 4. The molecular weight excluding hydrogens is 829 g/mol. The number of carbonyl (C=O) groups excluding carboxylic acids is 3. The molecule has 0 unspecified atom stereocenters. The zero-order chi connectivity index (χ0) is 46.0. The molecule has 64 heavy (non-hydrogen) atoms. The number of hydrogen-bond donors (Lipinski definition) is 5. The van der Waals surface area contributed by atoms with Gasteiger partial charge in [-0.25, -0.2) is 17.9 Å². The van der Waals surface area contributed by atoms with Crippen molar-refractivity contribution in [3.8, 4) is 5.75 Å². The molecule has 6 N–H and O–H groups in total. The minimum atomic E-state index is -4.16. The molecule has 5 aromatic rings. The van der Waals surface area contributed by atoms with Gasteiger partial charge in [-0.3, -0.25) is 15.0 Å². The van der Waals surface area contributed by atoms with E-state index in [-0.39, 0.29) is 55.5 Å². The summed E-state index contributed by atoms with van der Waals surface area (Å²) in [5, 5.41) is 14.2. The highest BCUT2D eigenvalue weighted by molar-refractivity contribution is 7.90. The van der Waals surface area contributed by atoms with Gasteiger partial charge in [0.25, 0.3) is 10.0 Å². The van der Waals surface area contributed by atoms with Gasteiger partial charge < -0.3 is 30.7 Å². The number of ether oxygens (including phenoxy) is 2. The Morgan fingerprint density at radius 3 is 1.97 bits per heavy atom. The summed E-state index contributed by atoms with van der Waals surface area (Å²) in [5.74, 6) is -1.51. The SMILES string of the molecule is Cc1c(C)c(S(=O)(=O)NC(=N)NCCC[C@H](C(N)=O)N(Cc2ccc(CNC(=O)OCc3ccccc3)cc2)C(=O)C(c2ccccc2)c2ccccc2)c(C)c2c1OC(C)(C)CC2. The van der Waals surface area contributed by atoms with Gasteiger partial charge in [-0.05, 0) is 110 Å². The Balaban J connectivity index is 1.16. The van der Waals surface area contributed by atoms with Gasteiger partial charge in [0, 0.05) is 19.6 Å². The Hall–Kier alpha value is -6.67. The summed E-state index contributed by atoms with van der Waals surface area (Å²) in [5.41, 5.74) is 12.4. The van der Waals surface area contributed by atoms with E-state index in [2.05, 4.69) is 15.4 Å². The number of alkyl carbamates (subject to hydrolysis) is 1. The average molecular weight is 887 g/mol. The van der Waals surface area contributed by atoms with Crippen molar-refractivity contribution in [2.24, 2.45) is 5.73 Å². The number of guanidine groups is 1. The molecule has 5 aromatic carbocycles. The van der Waals surface area contributed by atoms with E-state index >= 15 is 0 Å². The number of nitrogens with two attached hydrogens (primary N) is 1. The molecule has 14 heteroatoms. The molecule has 0 saturated heterocycles. The van der Waals surface area contributed by atoms with E-state index in [1.54, 1.807) is 13.8 Å². The van der Waals surface area contributed by atoms with Gasteiger partial charge in [0.05, 0.1) is 10.8 Å². The fourth-order valence-electron chi connectivity index (χ4n) is 8.12. The molecule has 3 amide bonds. The lowest BCUT2D eigenvalue weighted by molar-refractivity contribution is -0.141. The number of amides is 3. The molecule has 336 valence electrons. The fraction of sp³-hybridized carbons (Fsp3) is 0.320. The first-order chi connectivity index (χ1) is 30.5. The smallest absolute Gasteiger partial charge is 0.407 e. The van der Waals surface area contributed by atoms with Crippen LogP contribution in [0.5, 0.6) is 5.75 Å². The largest absolute Gasteiger partial charge is 0.487 e. The Labute approximate surface area is 376 Å². The number of rotatable bonds is 17. The van der Waals surface area contributed by atoms with E-state index in [9.17, 15) is 22.8 Å². The quantitative estimate of drug-likeness (QED) is 0.0361. The Kier molecular flexibility index (Phi) is 15.1. The number of nitrogens with zero attached hydrogens (tertiary/aromatic N) is 1. The second kappa shape index (κ2) is 20.7. The number of sulfonamides is 1. The van der Waals surface area contributed by atoms with E-state index in [4.69, 9.17) is 20.6 Å². The maximum atomic E-state index is 15.0. The Morgan fingerprint density at radius 1 is 0.797 bits per heavy atom. The monoisotopic (exact) mass is 886 g/mol. The van der Waals surface area contributed by atoms with E-state index < -0.39 is 39.9 Å². The third kappa shape index (κ3) is 11.7. The van der Waals surface area contributed by atoms with E-state index in [0.29, 0.717) is 17.5 Å². The molecule has 0 fully saturated rings. The van der Waals surface area contributed by atoms with Crippen LogP contribution in [-0.2, 0) is 50.5 Å².